The van der Waals surface area contributed by atoms with Gasteiger partial charge in [-0.15, -0.1) is 0 Å². The highest BCUT2D eigenvalue weighted by Crippen LogP contribution is 2.16. The van der Waals surface area contributed by atoms with Crippen LogP contribution in [0.2, 0.25) is 0 Å². The Labute approximate surface area is 187 Å². The highest BCUT2D eigenvalue weighted by molar-refractivity contribution is 5.98. The highest BCUT2D eigenvalue weighted by atomic mass is 16.2. The zero-order valence-electron chi connectivity index (χ0n) is 17.7. The van der Waals surface area contributed by atoms with Crippen LogP contribution >= 0.6 is 0 Å². The molecule has 10 heteroatoms. The van der Waals surface area contributed by atoms with Gasteiger partial charge in [-0.3, -0.25) is 9.59 Å². The number of amides is 2. The van der Waals surface area contributed by atoms with Crippen LogP contribution in [0.25, 0.3) is 22.1 Å². The number of nitrogens with zero attached hydrogens (tertiary/aromatic N) is 4. The molecule has 33 heavy (non-hydrogen) atoms. The standard InChI is InChI=1S/C23H20N8O2/c1-13(25-23(33)17-7-9-19-21(11-17)29-31-27-19)15-4-2-14(3-5-15)12-24-22(32)16-6-8-18-20(10-16)28-30-26-18/h2-11,13H,12H2,1H3,(H,24,32)(H,25,33)(H,26,28,30)(H,27,29,31). The maximum Gasteiger partial charge on any atom is 0.251 e. The molecular weight excluding hydrogens is 420 g/mol. The van der Waals surface area contributed by atoms with Gasteiger partial charge in [0, 0.05) is 17.7 Å². The maximum absolute atomic E-state index is 12.6. The van der Waals surface area contributed by atoms with Gasteiger partial charge in [-0.2, -0.15) is 30.8 Å². The fourth-order valence-electron chi connectivity index (χ4n) is 3.53. The van der Waals surface area contributed by atoms with E-state index in [2.05, 4.69) is 41.5 Å². The number of fused-ring (bicyclic) bond motifs is 2. The van der Waals surface area contributed by atoms with Crippen LogP contribution in [-0.2, 0) is 6.54 Å². The van der Waals surface area contributed by atoms with E-state index >= 15 is 0 Å². The largest absolute Gasteiger partial charge is 0.348 e. The molecule has 0 aliphatic heterocycles. The average molecular weight is 440 g/mol. The second kappa shape index (κ2) is 8.50. The van der Waals surface area contributed by atoms with Crippen LogP contribution < -0.4 is 10.6 Å². The van der Waals surface area contributed by atoms with Crippen molar-refractivity contribution in [2.24, 2.45) is 0 Å². The number of benzene rings is 3. The topological polar surface area (TPSA) is 141 Å². The summed E-state index contributed by atoms with van der Waals surface area (Å²) < 4.78 is 0. The summed E-state index contributed by atoms with van der Waals surface area (Å²) in [7, 11) is 0. The second-order valence-corrected chi connectivity index (χ2v) is 7.67. The predicted octanol–water partition coefficient (Wildman–Crippen LogP) is 2.65. The first-order valence-electron chi connectivity index (χ1n) is 10.4. The molecule has 3 aromatic carbocycles. The molecule has 2 amide bonds. The van der Waals surface area contributed by atoms with E-state index in [1.54, 1.807) is 36.4 Å². The maximum atomic E-state index is 12.6. The van der Waals surface area contributed by atoms with Crippen LogP contribution in [-0.4, -0.2) is 42.6 Å². The summed E-state index contributed by atoms with van der Waals surface area (Å²) in [4.78, 5) is 25.1. The summed E-state index contributed by atoms with van der Waals surface area (Å²) in [5.41, 5.74) is 5.65. The van der Waals surface area contributed by atoms with Gasteiger partial charge in [0.15, 0.2) is 0 Å². The Bertz CT molecular complexity index is 1450. The van der Waals surface area contributed by atoms with Crippen LogP contribution in [0, 0.1) is 0 Å². The lowest BCUT2D eigenvalue weighted by Gasteiger charge is -2.15. The molecule has 0 fully saturated rings. The zero-order valence-corrected chi connectivity index (χ0v) is 17.7. The van der Waals surface area contributed by atoms with Crippen LogP contribution in [0.1, 0.15) is 44.8 Å². The van der Waals surface area contributed by atoms with Gasteiger partial charge in [0.2, 0.25) is 0 Å². The van der Waals surface area contributed by atoms with Gasteiger partial charge in [-0.25, -0.2) is 0 Å². The van der Waals surface area contributed by atoms with E-state index < -0.39 is 0 Å². The Morgan fingerprint density at radius 2 is 1.30 bits per heavy atom. The van der Waals surface area contributed by atoms with Crippen molar-refractivity contribution in [1.82, 2.24) is 41.5 Å². The van der Waals surface area contributed by atoms with Gasteiger partial charge in [0.25, 0.3) is 11.8 Å². The first-order valence-corrected chi connectivity index (χ1v) is 10.4. The van der Waals surface area contributed by atoms with Gasteiger partial charge >= 0.3 is 0 Å². The highest BCUT2D eigenvalue weighted by Gasteiger charge is 2.13. The Balaban J connectivity index is 1.18. The number of carbonyl (C=O) groups is 2. The lowest BCUT2D eigenvalue weighted by atomic mass is 10.1. The molecule has 0 saturated heterocycles. The molecule has 0 spiro atoms. The minimum absolute atomic E-state index is 0.186. The lowest BCUT2D eigenvalue weighted by Crippen LogP contribution is -2.26. The smallest absolute Gasteiger partial charge is 0.251 e. The summed E-state index contributed by atoms with van der Waals surface area (Å²) >= 11 is 0. The molecule has 5 aromatic rings. The molecule has 4 N–H and O–H groups in total. The number of aromatic amines is 2. The Morgan fingerprint density at radius 3 is 1.91 bits per heavy atom. The molecule has 10 nitrogen and oxygen atoms in total. The van der Waals surface area contributed by atoms with Crippen molar-refractivity contribution in [3.8, 4) is 0 Å². The molecule has 0 aliphatic carbocycles. The summed E-state index contributed by atoms with van der Waals surface area (Å²) in [6.45, 7) is 2.30. The first-order chi connectivity index (χ1) is 16.1. The molecule has 1 atom stereocenters. The van der Waals surface area contributed by atoms with Crippen LogP contribution in [0.4, 0.5) is 0 Å². The molecule has 2 aromatic heterocycles. The third-order valence-electron chi connectivity index (χ3n) is 5.44. The Morgan fingerprint density at radius 1 is 0.758 bits per heavy atom. The minimum atomic E-state index is -0.191. The van der Waals surface area contributed by atoms with E-state index in [1.165, 1.54) is 0 Å². The molecule has 2 heterocycles. The third kappa shape index (κ3) is 4.26. The Kier molecular flexibility index (Phi) is 5.23. The van der Waals surface area contributed by atoms with E-state index in [-0.39, 0.29) is 17.9 Å². The van der Waals surface area contributed by atoms with E-state index in [0.29, 0.717) is 39.7 Å². The summed E-state index contributed by atoms with van der Waals surface area (Å²) in [5.74, 6) is -0.374. The second-order valence-electron chi connectivity index (χ2n) is 7.67. The number of nitrogens with one attached hydrogen (secondary N) is 4. The number of aromatic nitrogens is 6. The fraction of sp³-hybridized carbons (Fsp3) is 0.130. The number of hydrogen-bond acceptors (Lipinski definition) is 6. The van der Waals surface area contributed by atoms with Gasteiger partial charge < -0.3 is 10.6 Å². The SMILES string of the molecule is CC(NC(=O)c1ccc2n[nH]nc2c1)c1ccc(CNC(=O)c2ccc3n[nH]nc3c2)cc1. The lowest BCUT2D eigenvalue weighted by molar-refractivity contribution is 0.0935. The van der Waals surface area contributed by atoms with Crippen LogP contribution in [0.15, 0.2) is 60.7 Å². The quantitative estimate of drug-likeness (QED) is 0.320. The van der Waals surface area contributed by atoms with Crippen molar-refractivity contribution in [3.63, 3.8) is 0 Å². The summed E-state index contributed by atoms with van der Waals surface area (Å²) in [6, 6.07) is 17.9. The van der Waals surface area contributed by atoms with Gasteiger partial charge in [0.05, 0.1) is 6.04 Å². The predicted molar refractivity (Wildman–Crippen MR) is 121 cm³/mol. The molecule has 164 valence electrons. The summed E-state index contributed by atoms with van der Waals surface area (Å²) in [5, 5.41) is 27.0. The van der Waals surface area contributed by atoms with E-state index in [9.17, 15) is 9.59 Å². The zero-order chi connectivity index (χ0) is 22.8. The van der Waals surface area contributed by atoms with E-state index in [0.717, 1.165) is 11.1 Å². The van der Waals surface area contributed by atoms with Crippen molar-refractivity contribution >= 4 is 33.9 Å². The third-order valence-corrected chi connectivity index (χ3v) is 5.44. The monoisotopic (exact) mass is 440 g/mol. The number of carbonyl (C=O) groups excluding carboxylic acids is 2. The van der Waals surface area contributed by atoms with Crippen molar-refractivity contribution in [2.75, 3.05) is 0 Å². The molecule has 0 aliphatic rings. The average Bonchev–Trinajstić information content (AvgIpc) is 3.51. The molecule has 0 saturated carbocycles. The molecule has 0 radical (unpaired) electrons. The first kappa shape index (κ1) is 20.3. The molecule has 5 rings (SSSR count). The molecule has 1 unspecified atom stereocenters. The van der Waals surface area contributed by atoms with Gasteiger partial charge in [-0.1, -0.05) is 24.3 Å². The van der Waals surface area contributed by atoms with Crippen LogP contribution in [0.5, 0.6) is 0 Å². The number of H-pyrrole nitrogens is 2. The van der Waals surface area contributed by atoms with E-state index in [4.69, 9.17) is 0 Å². The van der Waals surface area contributed by atoms with Crippen molar-refractivity contribution in [2.45, 2.75) is 19.5 Å². The molecule has 0 bridgehead atoms. The number of hydrogen-bond donors (Lipinski definition) is 4. The minimum Gasteiger partial charge on any atom is -0.348 e. The van der Waals surface area contributed by atoms with E-state index in [1.807, 2.05) is 31.2 Å². The van der Waals surface area contributed by atoms with Gasteiger partial charge in [0.1, 0.15) is 22.1 Å². The van der Waals surface area contributed by atoms with Crippen LogP contribution in [0.3, 0.4) is 0 Å². The van der Waals surface area contributed by atoms with Crippen molar-refractivity contribution in [1.29, 1.82) is 0 Å². The van der Waals surface area contributed by atoms with Gasteiger partial charge in [-0.05, 0) is 54.4 Å². The molecular formula is C23H20N8O2. The summed E-state index contributed by atoms with van der Waals surface area (Å²) in [6.07, 6.45) is 0. The van der Waals surface area contributed by atoms with Crippen molar-refractivity contribution in [3.05, 3.63) is 82.9 Å². The van der Waals surface area contributed by atoms with Crippen molar-refractivity contribution < 1.29 is 9.59 Å². The normalized spacial score (nSPS) is 12.0. The number of rotatable bonds is 6. The Hall–Kier alpha value is -4.60. The fourth-order valence-corrected chi connectivity index (χ4v) is 3.53.